The lowest BCUT2D eigenvalue weighted by Gasteiger charge is -2.01. The maximum Gasteiger partial charge on any atom is 0.157 e. The Kier molecular flexibility index (Phi) is 1.92. The van der Waals surface area contributed by atoms with Gasteiger partial charge >= 0.3 is 0 Å². The molecule has 4 nitrogen and oxygen atoms in total. The van der Waals surface area contributed by atoms with E-state index >= 15 is 0 Å². The summed E-state index contributed by atoms with van der Waals surface area (Å²) in [6.07, 6.45) is 1.41. The fourth-order valence-electron chi connectivity index (χ4n) is 1.30. The first-order chi connectivity index (χ1) is 6.66. The van der Waals surface area contributed by atoms with E-state index in [-0.39, 0.29) is 5.82 Å². The van der Waals surface area contributed by atoms with Crippen LogP contribution in [0.3, 0.4) is 0 Å². The second kappa shape index (κ2) is 3.10. The standard InChI is InChI=1S/C9H9FN4/c1-14-9(12-5-13-14)6-2-7(10)4-8(11)3-6/h2-5H,11H2,1H3. The Morgan fingerprint density at radius 1 is 1.36 bits per heavy atom. The van der Waals surface area contributed by atoms with Crippen molar-refractivity contribution < 1.29 is 4.39 Å². The van der Waals surface area contributed by atoms with Crippen molar-refractivity contribution in [2.75, 3.05) is 5.73 Å². The van der Waals surface area contributed by atoms with Crippen molar-refractivity contribution in [1.29, 1.82) is 0 Å². The maximum atomic E-state index is 13.0. The van der Waals surface area contributed by atoms with Gasteiger partial charge in [-0.15, -0.1) is 0 Å². The van der Waals surface area contributed by atoms with Crippen LogP contribution in [0.5, 0.6) is 0 Å². The van der Waals surface area contributed by atoms with E-state index in [4.69, 9.17) is 5.73 Å². The van der Waals surface area contributed by atoms with Gasteiger partial charge in [0.2, 0.25) is 0 Å². The third-order valence-electron chi connectivity index (χ3n) is 1.89. The SMILES string of the molecule is Cn1ncnc1-c1cc(N)cc(F)c1. The van der Waals surface area contributed by atoms with E-state index in [0.717, 1.165) is 0 Å². The van der Waals surface area contributed by atoms with E-state index in [1.807, 2.05) is 0 Å². The number of hydrogen-bond acceptors (Lipinski definition) is 3. The summed E-state index contributed by atoms with van der Waals surface area (Å²) in [5, 5.41) is 3.89. The summed E-state index contributed by atoms with van der Waals surface area (Å²) in [4.78, 5) is 4.00. The molecule has 0 spiro atoms. The Morgan fingerprint density at radius 3 is 2.71 bits per heavy atom. The van der Waals surface area contributed by atoms with Crippen molar-refractivity contribution in [3.63, 3.8) is 0 Å². The zero-order valence-electron chi connectivity index (χ0n) is 7.61. The van der Waals surface area contributed by atoms with Gasteiger partial charge in [-0.25, -0.2) is 14.1 Å². The Balaban J connectivity index is 2.57. The number of hydrogen-bond donors (Lipinski definition) is 1. The number of halogens is 1. The van der Waals surface area contributed by atoms with E-state index in [0.29, 0.717) is 17.1 Å². The fraction of sp³-hybridized carbons (Fsp3) is 0.111. The Bertz CT molecular complexity index is 443. The molecule has 0 unspecified atom stereocenters. The van der Waals surface area contributed by atoms with E-state index in [1.165, 1.54) is 18.5 Å². The van der Waals surface area contributed by atoms with Gasteiger partial charge in [-0.3, -0.25) is 0 Å². The zero-order valence-corrected chi connectivity index (χ0v) is 7.61. The van der Waals surface area contributed by atoms with Gasteiger partial charge in [0.05, 0.1) is 0 Å². The highest BCUT2D eigenvalue weighted by Crippen LogP contribution is 2.20. The fourth-order valence-corrected chi connectivity index (χ4v) is 1.30. The molecule has 5 heteroatoms. The van der Waals surface area contributed by atoms with Gasteiger partial charge in [0.15, 0.2) is 5.82 Å². The Labute approximate surface area is 80.2 Å². The van der Waals surface area contributed by atoms with Crippen molar-refractivity contribution in [2.24, 2.45) is 7.05 Å². The quantitative estimate of drug-likeness (QED) is 0.691. The van der Waals surface area contributed by atoms with Gasteiger partial charge in [0.25, 0.3) is 0 Å². The first-order valence-electron chi connectivity index (χ1n) is 4.07. The number of aryl methyl sites for hydroxylation is 1. The second-order valence-corrected chi connectivity index (χ2v) is 2.98. The Hall–Kier alpha value is -1.91. The number of rotatable bonds is 1. The molecule has 72 valence electrons. The van der Waals surface area contributed by atoms with Gasteiger partial charge in [-0.2, -0.15) is 5.10 Å². The molecule has 2 rings (SSSR count). The third-order valence-corrected chi connectivity index (χ3v) is 1.89. The molecule has 0 saturated heterocycles. The molecule has 0 amide bonds. The number of anilines is 1. The normalized spacial score (nSPS) is 10.4. The molecule has 1 aromatic carbocycles. The third kappa shape index (κ3) is 1.44. The van der Waals surface area contributed by atoms with Crippen LogP contribution in [0.25, 0.3) is 11.4 Å². The lowest BCUT2D eigenvalue weighted by molar-refractivity contribution is 0.628. The minimum absolute atomic E-state index is 0.372. The molecule has 0 fully saturated rings. The second-order valence-electron chi connectivity index (χ2n) is 2.98. The molecule has 1 aromatic heterocycles. The molecule has 1 heterocycles. The van der Waals surface area contributed by atoms with Gasteiger partial charge in [0.1, 0.15) is 12.1 Å². The van der Waals surface area contributed by atoms with Crippen LogP contribution in [0.4, 0.5) is 10.1 Å². The smallest absolute Gasteiger partial charge is 0.157 e. The van der Waals surface area contributed by atoms with Crippen LogP contribution >= 0.6 is 0 Å². The monoisotopic (exact) mass is 192 g/mol. The first-order valence-corrected chi connectivity index (χ1v) is 4.07. The molecule has 0 saturated carbocycles. The largest absolute Gasteiger partial charge is 0.399 e. The lowest BCUT2D eigenvalue weighted by Crippen LogP contribution is -1.96. The molecule has 0 radical (unpaired) electrons. The zero-order chi connectivity index (χ0) is 10.1. The van der Waals surface area contributed by atoms with Gasteiger partial charge < -0.3 is 5.73 Å². The predicted octanol–water partition coefficient (Wildman–Crippen LogP) is 1.20. The Morgan fingerprint density at radius 2 is 2.14 bits per heavy atom. The number of nitrogens with zero attached hydrogens (tertiary/aromatic N) is 3. The van der Waals surface area contributed by atoms with Crippen molar-refractivity contribution in [1.82, 2.24) is 14.8 Å². The number of nitrogen functional groups attached to an aromatic ring is 1. The molecule has 0 bridgehead atoms. The summed E-state index contributed by atoms with van der Waals surface area (Å²) in [6.45, 7) is 0. The van der Waals surface area contributed by atoms with Crippen molar-refractivity contribution in [2.45, 2.75) is 0 Å². The van der Waals surface area contributed by atoms with Crippen molar-refractivity contribution in [3.8, 4) is 11.4 Å². The number of benzene rings is 1. The van der Waals surface area contributed by atoms with E-state index in [2.05, 4.69) is 10.1 Å². The highest BCUT2D eigenvalue weighted by molar-refractivity contribution is 5.61. The summed E-state index contributed by atoms with van der Waals surface area (Å²) in [5.74, 6) is 0.221. The van der Waals surface area contributed by atoms with Crippen LogP contribution in [0.1, 0.15) is 0 Å². The highest BCUT2D eigenvalue weighted by atomic mass is 19.1. The summed E-state index contributed by atoms with van der Waals surface area (Å²) in [6, 6.07) is 4.30. The molecular formula is C9H9FN4. The minimum Gasteiger partial charge on any atom is -0.399 e. The van der Waals surface area contributed by atoms with E-state index in [9.17, 15) is 4.39 Å². The molecule has 2 aromatic rings. The highest BCUT2D eigenvalue weighted by Gasteiger charge is 2.06. The molecule has 2 N–H and O–H groups in total. The van der Waals surface area contributed by atoms with E-state index < -0.39 is 0 Å². The molecule has 0 aliphatic heterocycles. The molecule has 0 atom stereocenters. The maximum absolute atomic E-state index is 13.0. The summed E-state index contributed by atoms with van der Waals surface area (Å²) >= 11 is 0. The molecule has 0 aliphatic rings. The predicted molar refractivity (Wildman–Crippen MR) is 50.8 cm³/mol. The van der Waals surface area contributed by atoms with Crippen LogP contribution in [-0.4, -0.2) is 14.8 Å². The van der Waals surface area contributed by atoms with Crippen LogP contribution in [-0.2, 0) is 7.05 Å². The average Bonchev–Trinajstić information content (AvgIpc) is 2.49. The van der Waals surface area contributed by atoms with Crippen LogP contribution in [0, 0.1) is 5.82 Å². The van der Waals surface area contributed by atoms with Crippen molar-refractivity contribution in [3.05, 3.63) is 30.3 Å². The topological polar surface area (TPSA) is 56.7 Å². The summed E-state index contributed by atoms with van der Waals surface area (Å²) in [7, 11) is 1.74. The van der Waals surface area contributed by atoms with Gasteiger partial charge in [-0.05, 0) is 18.2 Å². The molecule has 0 aliphatic carbocycles. The summed E-state index contributed by atoms with van der Waals surface area (Å²) < 4.78 is 14.6. The summed E-state index contributed by atoms with van der Waals surface area (Å²) in [5.41, 5.74) is 6.52. The van der Waals surface area contributed by atoms with Gasteiger partial charge in [0, 0.05) is 18.3 Å². The molecular weight excluding hydrogens is 183 g/mol. The average molecular weight is 192 g/mol. The number of aromatic nitrogens is 3. The van der Waals surface area contributed by atoms with E-state index in [1.54, 1.807) is 17.8 Å². The first kappa shape index (κ1) is 8.68. The lowest BCUT2D eigenvalue weighted by atomic mass is 10.2. The molecule has 14 heavy (non-hydrogen) atoms. The van der Waals surface area contributed by atoms with Crippen LogP contribution < -0.4 is 5.73 Å². The van der Waals surface area contributed by atoms with Crippen LogP contribution in [0.15, 0.2) is 24.5 Å². The van der Waals surface area contributed by atoms with Gasteiger partial charge in [-0.1, -0.05) is 0 Å². The van der Waals surface area contributed by atoms with Crippen LogP contribution in [0.2, 0.25) is 0 Å². The number of nitrogens with two attached hydrogens (primary N) is 1. The van der Waals surface area contributed by atoms with Crippen molar-refractivity contribution >= 4 is 5.69 Å². The minimum atomic E-state index is -0.372.